The molecule has 13 rings (SSSR count). The summed E-state index contributed by atoms with van der Waals surface area (Å²) in [4.78, 5) is 52.9. The number of benzene rings is 4. The van der Waals surface area contributed by atoms with Crippen LogP contribution in [0.1, 0.15) is 93.6 Å². The highest BCUT2D eigenvalue weighted by Crippen LogP contribution is 2.53. The molecule has 8 aromatic rings. The second-order valence-electron chi connectivity index (χ2n) is 23.1. The number of likely N-dealkylation sites (N-methyl/N-ethyl adjacent to an activating group) is 2. The quantitative estimate of drug-likeness (QED) is 0.0729. The van der Waals surface area contributed by atoms with Crippen molar-refractivity contribution in [3.8, 4) is 45.3 Å². The van der Waals surface area contributed by atoms with Crippen molar-refractivity contribution >= 4 is 45.5 Å². The highest BCUT2D eigenvalue weighted by atomic mass is 16.5. The highest BCUT2D eigenvalue weighted by Gasteiger charge is 2.40. The summed E-state index contributed by atoms with van der Waals surface area (Å²) in [6.45, 7) is 9.02. The number of hydrogen-bond acceptors (Lipinski definition) is 13. The largest absolute Gasteiger partial charge is 0.457 e. The zero-order valence-electron chi connectivity index (χ0n) is 48.4. The molecule has 5 aliphatic rings. The minimum absolute atomic E-state index is 0.0615. The molecule has 4 aromatic carbocycles. The van der Waals surface area contributed by atoms with Crippen molar-refractivity contribution in [3.05, 3.63) is 158 Å². The van der Waals surface area contributed by atoms with Gasteiger partial charge in [-0.25, -0.2) is 19.9 Å². The van der Waals surface area contributed by atoms with Gasteiger partial charge in [-0.1, -0.05) is 79.7 Å². The molecule has 3 atom stereocenters. The lowest BCUT2D eigenvalue weighted by Crippen LogP contribution is -2.32. The molecule has 7 heterocycles. The number of aromatic nitrogens is 6. The predicted octanol–water partition coefficient (Wildman–Crippen LogP) is 11.4. The lowest BCUT2D eigenvalue weighted by Gasteiger charge is -2.21. The number of carbonyl (C=O) groups excluding carboxylic acids is 2. The van der Waals surface area contributed by atoms with E-state index < -0.39 is 0 Å². The average molecular weight is 1130 g/mol. The van der Waals surface area contributed by atoms with Crippen LogP contribution in [0.5, 0.6) is 23.0 Å². The van der Waals surface area contributed by atoms with Gasteiger partial charge in [0, 0.05) is 86.6 Å². The lowest BCUT2D eigenvalue weighted by molar-refractivity contribution is -0.125. The number of hydrogen-bond donors (Lipinski definition) is 2. The third-order valence-electron chi connectivity index (χ3n) is 17.0. The fourth-order valence-corrected chi connectivity index (χ4v) is 12.5. The molecular formula is C67H76N12O5. The normalized spacial score (nSPS) is 18.9. The van der Waals surface area contributed by atoms with Crippen molar-refractivity contribution < 1.29 is 23.8 Å². The van der Waals surface area contributed by atoms with Gasteiger partial charge in [0.05, 0.1) is 29.5 Å². The van der Waals surface area contributed by atoms with E-state index in [9.17, 15) is 9.59 Å². The number of nitrogens with two attached hydrogens (primary N) is 2. The summed E-state index contributed by atoms with van der Waals surface area (Å²) in [5.41, 5.74) is 21.7. The maximum absolute atomic E-state index is 13.2. The van der Waals surface area contributed by atoms with Crippen LogP contribution in [0, 0.1) is 0 Å². The molecule has 4 aromatic heterocycles. The first kappa shape index (κ1) is 56.1. The van der Waals surface area contributed by atoms with Crippen LogP contribution in [0.15, 0.2) is 146 Å². The molecule has 2 aliphatic carbocycles. The molecule has 5 fully saturated rings. The Bertz CT molecular complexity index is 3650. The summed E-state index contributed by atoms with van der Waals surface area (Å²) in [5, 5.41) is 1.79. The van der Waals surface area contributed by atoms with Crippen LogP contribution in [-0.2, 0) is 14.3 Å². The fraction of sp³-hybridized carbons (Fsp3) is 0.373. The van der Waals surface area contributed by atoms with Crippen molar-refractivity contribution in [2.45, 2.75) is 88.3 Å². The molecule has 0 bridgehead atoms. The third kappa shape index (κ3) is 12.3. The van der Waals surface area contributed by atoms with Gasteiger partial charge < -0.3 is 49.5 Å². The van der Waals surface area contributed by atoms with Crippen molar-refractivity contribution in [2.75, 3.05) is 84.6 Å². The summed E-state index contributed by atoms with van der Waals surface area (Å²) in [6, 6.07) is 36.7. The Kier molecular flexibility index (Phi) is 16.9. The first-order valence-corrected chi connectivity index (χ1v) is 29.9. The van der Waals surface area contributed by atoms with E-state index in [4.69, 9.17) is 35.6 Å². The molecule has 2 saturated carbocycles. The Morgan fingerprint density at radius 2 is 1.05 bits per heavy atom. The van der Waals surface area contributed by atoms with Gasteiger partial charge in [0.25, 0.3) is 0 Å². The second kappa shape index (κ2) is 25.2. The van der Waals surface area contributed by atoms with E-state index in [1.54, 1.807) is 24.8 Å². The standard InChI is InChI=1S/C34H38N6O3.C33H38N6O2/c1-38(26-16-19-42-21-26)17-5-8-29(41)39-18-15-25(20-39)40-32(24-9-10-24)30(31-33(35)36-22-37-34(31)40)23-11-13-28(14-12-23)43-27-6-3-2-4-7-27;1-3-18-37(2)19-7-10-28(40)38-20-17-25(21-38)39-31(24-11-12-24)29(30-32(34)35-22-36-33(30)39)23-13-15-27(16-14-23)41-26-8-5-4-6-9-26/h2-8,11-14,22,24-26H,9-10,15-21H2,1H3,(H2,35,36,37);4-10,13-16,22,24-25H,3,11-12,17-21H2,1-2H3,(H2,34,35,36)/b8-5+;10-7+/t25-,26+;25-/m11/s1. The van der Waals surface area contributed by atoms with E-state index in [1.165, 1.54) is 11.4 Å². The number of ether oxygens (including phenoxy) is 3. The number of carbonyl (C=O) groups is 2. The van der Waals surface area contributed by atoms with Crippen molar-refractivity contribution in [1.29, 1.82) is 0 Å². The number of para-hydroxylation sites is 2. The number of likely N-dealkylation sites (tertiary alicyclic amines) is 2. The van der Waals surface area contributed by atoms with Crippen LogP contribution in [0.4, 0.5) is 11.6 Å². The van der Waals surface area contributed by atoms with Crippen LogP contribution < -0.4 is 20.9 Å². The SMILES string of the molecule is CCCN(C)C/C=C/C(=O)N1CC[C@@H](n2c(C3CC3)c(-c3ccc(Oc4ccccc4)cc3)c3c(N)ncnc32)C1.CN(C/C=C/C(=O)N1CC[C@@H](n2c(C3CC3)c(-c3ccc(Oc4ccccc4)cc3)c3c(N)ncnc32)C1)[C@H]1CCOC1. The summed E-state index contributed by atoms with van der Waals surface area (Å²) >= 11 is 0. The molecule has 17 heteroatoms. The monoisotopic (exact) mass is 1130 g/mol. The number of rotatable bonds is 19. The van der Waals surface area contributed by atoms with Gasteiger partial charge in [-0.3, -0.25) is 14.5 Å². The topological polar surface area (TPSA) is 188 Å². The van der Waals surface area contributed by atoms with Crippen LogP contribution in [0.2, 0.25) is 0 Å². The Morgan fingerprint density at radius 3 is 1.48 bits per heavy atom. The molecule has 3 saturated heterocycles. The minimum atomic E-state index is 0.0615. The average Bonchev–Trinajstić information content (AvgIpc) is 1.85. The summed E-state index contributed by atoms with van der Waals surface area (Å²) in [7, 11) is 4.17. The first-order chi connectivity index (χ1) is 41.1. The number of nitrogens with zero attached hydrogens (tertiary/aromatic N) is 10. The summed E-state index contributed by atoms with van der Waals surface area (Å²) in [6.07, 6.45) is 18.9. The summed E-state index contributed by atoms with van der Waals surface area (Å²) < 4.78 is 22.3. The predicted molar refractivity (Wildman–Crippen MR) is 330 cm³/mol. The van der Waals surface area contributed by atoms with E-state index in [-0.39, 0.29) is 23.9 Å². The molecule has 0 unspecified atom stereocenters. The van der Waals surface area contributed by atoms with Gasteiger partial charge >= 0.3 is 0 Å². The second-order valence-corrected chi connectivity index (χ2v) is 23.1. The Labute approximate surface area is 491 Å². The van der Waals surface area contributed by atoms with E-state index in [2.05, 4.69) is 74.2 Å². The Hall–Kier alpha value is -8.38. The van der Waals surface area contributed by atoms with Gasteiger partial charge in [-0.15, -0.1) is 0 Å². The number of fused-ring (bicyclic) bond motifs is 2. The van der Waals surface area contributed by atoms with E-state index in [0.29, 0.717) is 49.1 Å². The van der Waals surface area contributed by atoms with Gasteiger partial charge in [0.1, 0.15) is 58.6 Å². The summed E-state index contributed by atoms with van der Waals surface area (Å²) in [5.74, 6) is 5.13. The van der Waals surface area contributed by atoms with Gasteiger partial charge in [0.2, 0.25) is 11.8 Å². The number of nitrogen functional groups attached to an aromatic ring is 2. The zero-order valence-corrected chi connectivity index (χ0v) is 48.4. The molecule has 434 valence electrons. The molecule has 17 nitrogen and oxygen atoms in total. The number of anilines is 2. The smallest absolute Gasteiger partial charge is 0.246 e. The third-order valence-corrected chi connectivity index (χ3v) is 17.0. The van der Waals surface area contributed by atoms with E-state index in [0.717, 1.165) is 158 Å². The number of amides is 2. The van der Waals surface area contributed by atoms with Crippen LogP contribution in [0.3, 0.4) is 0 Å². The fourth-order valence-electron chi connectivity index (χ4n) is 12.5. The van der Waals surface area contributed by atoms with Crippen LogP contribution in [0.25, 0.3) is 44.3 Å². The maximum atomic E-state index is 13.2. The van der Waals surface area contributed by atoms with E-state index in [1.807, 2.05) is 107 Å². The van der Waals surface area contributed by atoms with Gasteiger partial charge in [0.15, 0.2) is 0 Å². The van der Waals surface area contributed by atoms with Crippen molar-refractivity contribution in [2.24, 2.45) is 0 Å². The highest BCUT2D eigenvalue weighted by molar-refractivity contribution is 6.04. The molecule has 3 aliphatic heterocycles. The molecular weight excluding hydrogens is 1050 g/mol. The van der Waals surface area contributed by atoms with Crippen LogP contribution >= 0.6 is 0 Å². The first-order valence-electron chi connectivity index (χ1n) is 29.9. The lowest BCUT2D eigenvalue weighted by atomic mass is 10.0. The van der Waals surface area contributed by atoms with Crippen molar-refractivity contribution in [3.63, 3.8) is 0 Å². The van der Waals surface area contributed by atoms with Crippen LogP contribution in [-0.4, -0.2) is 140 Å². The van der Waals surface area contributed by atoms with Crippen molar-refractivity contribution in [1.82, 2.24) is 48.7 Å². The molecule has 0 radical (unpaired) electrons. The molecule has 2 amide bonds. The van der Waals surface area contributed by atoms with Gasteiger partial charge in [-0.05, 0) is 144 Å². The molecule has 84 heavy (non-hydrogen) atoms. The maximum Gasteiger partial charge on any atom is 0.246 e. The van der Waals surface area contributed by atoms with E-state index >= 15 is 0 Å². The minimum Gasteiger partial charge on any atom is -0.457 e. The Morgan fingerprint density at radius 1 is 0.595 bits per heavy atom. The molecule has 0 spiro atoms. The Balaban J connectivity index is 0.000000166. The zero-order chi connectivity index (χ0) is 57.7. The molecule has 4 N–H and O–H groups in total. The van der Waals surface area contributed by atoms with Gasteiger partial charge in [-0.2, -0.15) is 0 Å².